The molecule has 0 aliphatic heterocycles. The Kier molecular flexibility index (Phi) is 6.04. The van der Waals surface area contributed by atoms with E-state index >= 15 is 0 Å². The van der Waals surface area contributed by atoms with Gasteiger partial charge in [-0.2, -0.15) is 13.2 Å². The van der Waals surface area contributed by atoms with Crippen LogP contribution in [-0.4, -0.2) is 26.4 Å². The normalized spacial score (nSPS) is 13.6. The van der Waals surface area contributed by atoms with E-state index in [2.05, 4.69) is 26.0 Å². The molecule has 0 spiro atoms. The van der Waals surface area contributed by atoms with E-state index in [4.69, 9.17) is 11.6 Å². The van der Waals surface area contributed by atoms with Crippen molar-refractivity contribution in [2.45, 2.75) is 12.2 Å². The van der Waals surface area contributed by atoms with Crippen molar-refractivity contribution in [2.24, 2.45) is 0 Å². The first kappa shape index (κ1) is 16.7. The standard InChI is InChI=1S/C11H11BrClF4NO/c1-18-8(4-19-5-11(15,16)17)6-2-3-7(12)9(13)10(6)14/h2-3,8,18H,4-5H2,1H3. The Hall–Kier alpha value is -0.370. The van der Waals surface area contributed by atoms with Gasteiger partial charge in [0, 0.05) is 10.0 Å². The van der Waals surface area contributed by atoms with Crippen molar-refractivity contribution in [3.8, 4) is 0 Å². The lowest BCUT2D eigenvalue weighted by molar-refractivity contribution is -0.175. The van der Waals surface area contributed by atoms with Crippen LogP contribution in [0, 0.1) is 5.82 Å². The van der Waals surface area contributed by atoms with Gasteiger partial charge in [0.05, 0.1) is 17.7 Å². The molecule has 0 saturated carbocycles. The molecule has 8 heteroatoms. The predicted molar refractivity (Wildman–Crippen MR) is 67.8 cm³/mol. The van der Waals surface area contributed by atoms with Gasteiger partial charge in [-0.15, -0.1) is 0 Å². The minimum atomic E-state index is -4.41. The van der Waals surface area contributed by atoms with Gasteiger partial charge in [0.1, 0.15) is 12.4 Å². The topological polar surface area (TPSA) is 21.3 Å². The summed E-state index contributed by atoms with van der Waals surface area (Å²) in [6.07, 6.45) is -4.41. The molecule has 0 heterocycles. The Bertz CT molecular complexity index is 441. The van der Waals surface area contributed by atoms with Gasteiger partial charge in [-0.25, -0.2) is 4.39 Å². The summed E-state index contributed by atoms with van der Waals surface area (Å²) in [6, 6.07) is 2.24. The number of nitrogens with one attached hydrogen (secondary N) is 1. The summed E-state index contributed by atoms with van der Waals surface area (Å²) in [6.45, 7) is -1.69. The van der Waals surface area contributed by atoms with Crippen molar-refractivity contribution >= 4 is 27.5 Å². The van der Waals surface area contributed by atoms with Gasteiger partial charge in [-0.3, -0.25) is 0 Å². The van der Waals surface area contributed by atoms with Crippen molar-refractivity contribution in [1.82, 2.24) is 5.32 Å². The van der Waals surface area contributed by atoms with Crippen LogP contribution in [0.25, 0.3) is 0 Å². The molecule has 0 radical (unpaired) electrons. The summed E-state index contributed by atoms with van der Waals surface area (Å²) in [7, 11) is 1.50. The van der Waals surface area contributed by atoms with E-state index in [0.717, 1.165) is 0 Å². The number of rotatable bonds is 5. The second-order valence-corrected chi connectivity index (χ2v) is 4.97. The largest absolute Gasteiger partial charge is 0.411 e. The Morgan fingerprint density at radius 2 is 2.05 bits per heavy atom. The number of ether oxygens (including phenoxy) is 1. The van der Waals surface area contributed by atoms with Crippen molar-refractivity contribution < 1.29 is 22.3 Å². The van der Waals surface area contributed by atoms with E-state index in [1.165, 1.54) is 19.2 Å². The highest BCUT2D eigenvalue weighted by atomic mass is 79.9. The van der Waals surface area contributed by atoms with Gasteiger partial charge in [0.25, 0.3) is 0 Å². The summed E-state index contributed by atoms with van der Waals surface area (Å²) >= 11 is 8.78. The Labute approximate surface area is 121 Å². The smallest absolute Gasteiger partial charge is 0.370 e. The maximum atomic E-state index is 13.9. The molecule has 0 aromatic heterocycles. The van der Waals surface area contributed by atoms with E-state index in [0.29, 0.717) is 4.47 Å². The van der Waals surface area contributed by atoms with E-state index in [9.17, 15) is 17.6 Å². The van der Waals surface area contributed by atoms with Gasteiger partial charge >= 0.3 is 6.18 Å². The van der Waals surface area contributed by atoms with Crippen LogP contribution in [0.3, 0.4) is 0 Å². The third-order valence-corrected chi connectivity index (χ3v) is 3.60. The van der Waals surface area contributed by atoms with Crippen LogP contribution in [0.5, 0.6) is 0 Å². The molecule has 108 valence electrons. The minimum Gasteiger partial charge on any atom is -0.370 e. The summed E-state index contributed by atoms with van der Waals surface area (Å²) in [5.74, 6) is -0.689. The third kappa shape index (κ3) is 4.91. The molecule has 19 heavy (non-hydrogen) atoms. The Morgan fingerprint density at radius 3 is 2.58 bits per heavy atom. The van der Waals surface area contributed by atoms with Crippen LogP contribution in [0.1, 0.15) is 11.6 Å². The maximum Gasteiger partial charge on any atom is 0.411 e. The van der Waals surface area contributed by atoms with Crippen LogP contribution in [-0.2, 0) is 4.74 Å². The van der Waals surface area contributed by atoms with Gasteiger partial charge in [-0.1, -0.05) is 17.7 Å². The third-order valence-electron chi connectivity index (χ3n) is 2.34. The molecule has 1 aromatic carbocycles. The molecule has 0 aliphatic rings. The van der Waals surface area contributed by atoms with Gasteiger partial charge < -0.3 is 10.1 Å². The average molecular weight is 365 g/mol. The molecule has 1 aromatic rings. The maximum absolute atomic E-state index is 13.9. The molecule has 0 amide bonds. The second kappa shape index (κ2) is 6.88. The Morgan fingerprint density at radius 1 is 1.42 bits per heavy atom. The molecule has 1 atom stereocenters. The zero-order valence-corrected chi connectivity index (χ0v) is 12.2. The zero-order chi connectivity index (χ0) is 14.6. The Balaban J connectivity index is 2.78. The summed E-state index contributed by atoms with van der Waals surface area (Å²) in [5.41, 5.74) is 0.151. The summed E-state index contributed by atoms with van der Waals surface area (Å²) in [5, 5.41) is 2.57. The van der Waals surface area contributed by atoms with E-state index in [-0.39, 0.29) is 17.2 Å². The first-order valence-electron chi connectivity index (χ1n) is 5.21. The van der Waals surface area contributed by atoms with E-state index < -0.39 is 24.6 Å². The molecule has 0 aliphatic carbocycles. The van der Waals surface area contributed by atoms with Gasteiger partial charge in [0.15, 0.2) is 0 Å². The lowest BCUT2D eigenvalue weighted by atomic mass is 10.1. The highest BCUT2D eigenvalue weighted by Crippen LogP contribution is 2.30. The van der Waals surface area contributed by atoms with Crippen molar-refractivity contribution in [3.63, 3.8) is 0 Å². The molecule has 1 rings (SSSR count). The number of benzene rings is 1. The highest BCUT2D eigenvalue weighted by Gasteiger charge is 2.28. The van der Waals surface area contributed by atoms with Crippen LogP contribution in [0.15, 0.2) is 16.6 Å². The lowest BCUT2D eigenvalue weighted by Crippen LogP contribution is -2.26. The fourth-order valence-electron chi connectivity index (χ4n) is 1.43. The van der Waals surface area contributed by atoms with E-state index in [1.807, 2.05) is 0 Å². The number of hydrogen-bond donors (Lipinski definition) is 1. The molecule has 2 nitrogen and oxygen atoms in total. The van der Waals surface area contributed by atoms with Crippen LogP contribution in [0.2, 0.25) is 5.02 Å². The van der Waals surface area contributed by atoms with Gasteiger partial charge in [-0.05, 0) is 29.0 Å². The first-order valence-corrected chi connectivity index (χ1v) is 6.38. The number of likely N-dealkylation sites (N-methyl/N-ethyl adjacent to an activating group) is 1. The highest BCUT2D eigenvalue weighted by molar-refractivity contribution is 9.10. The number of hydrogen-bond acceptors (Lipinski definition) is 2. The summed E-state index contributed by atoms with van der Waals surface area (Å²) < 4.78 is 54.7. The quantitative estimate of drug-likeness (QED) is 0.628. The average Bonchev–Trinajstić information content (AvgIpc) is 2.32. The molecule has 1 unspecified atom stereocenters. The molecular formula is C11H11BrClF4NO. The van der Waals surface area contributed by atoms with Crippen LogP contribution in [0.4, 0.5) is 17.6 Å². The second-order valence-electron chi connectivity index (χ2n) is 3.74. The zero-order valence-electron chi connectivity index (χ0n) is 9.82. The van der Waals surface area contributed by atoms with Crippen molar-refractivity contribution in [1.29, 1.82) is 0 Å². The number of alkyl halides is 3. The molecule has 1 N–H and O–H groups in total. The molecular weight excluding hydrogens is 353 g/mol. The fraction of sp³-hybridized carbons (Fsp3) is 0.455. The van der Waals surface area contributed by atoms with Crippen LogP contribution >= 0.6 is 27.5 Å². The predicted octanol–water partition coefficient (Wildman–Crippen LogP) is 4.08. The first-order chi connectivity index (χ1) is 8.76. The van der Waals surface area contributed by atoms with Crippen molar-refractivity contribution in [3.05, 3.63) is 33.0 Å². The monoisotopic (exact) mass is 363 g/mol. The molecule has 0 saturated heterocycles. The molecule has 0 fully saturated rings. The van der Waals surface area contributed by atoms with Gasteiger partial charge in [0.2, 0.25) is 0 Å². The van der Waals surface area contributed by atoms with E-state index in [1.54, 1.807) is 0 Å². The SMILES string of the molecule is CNC(COCC(F)(F)F)c1ccc(Br)c(Cl)c1F. The van der Waals surface area contributed by atoms with Crippen LogP contribution < -0.4 is 5.32 Å². The lowest BCUT2D eigenvalue weighted by Gasteiger charge is -2.19. The number of halogens is 6. The fourth-order valence-corrected chi connectivity index (χ4v) is 1.91. The molecule has 0 bridgehead atoms. The summed E-state index contributed by atoms with van der Waals surface area (Å²) in [4.78, 5) is 0. The van der Waals surface area contributed by atoms with Crippen molar-refractivity contribution in [2.75, 3.05) is 20.3 Å². The minimum absolute atomic E-state index is 0.117.